The van der Waals surface area contributed by atoms with Gasteiger partial charge in [-0.15, -0.1) is 0 Å². The van der Waals surface area contributed by atoms with E-state index in [2.05, 4.69) is 5.32 Å². The van der Waals surface area contributed by atoms with Crippen LogP contribution >= 0.6 is 0 Å². The Morgan fingerprint density at radius 2 is 2.18 bits per heavy atom. The van der Waals surface area contributed by atoms with E-state index < -0.39 is 11.4 Å². The number of carboxylic acid groups (broad SMARTS) is 1. The lowest BCUT2D eigenvalue weighted by Gasteiger charge is -2.13. The van der Waals surface area contributed by atoms with Crippen molar-refractivity contribution in [3.63, 3.8) is 0 Å². The number of aliphatic carboxylic acids is 1. The Labute approximate surface area is 101 Å². The summed E-state index contributed by atoms with van der Waals surface area (Å²) < 4.78 is 5.08. The van der Waals surface area contributed by atoms with Gasteiger partial charge in [0.2, 0.25) is 0 Å². The second kappa shape index (κ2) is 4.37. The molecule has 4 heteroatoms. The van der Waals surface area contributed by atoms with Gasteiger partial charge in [0.25, 0.3) is 0 Å². The van der Waals surface area contributed by atoms with Crippen LogP contribution in [0.25, 0.3) is 0 Å². The molecular weight excluding hydrogens is 218 g/mol. The van der Waals surface area contributed by atoms with Crippen LogP contribution in [0.15, 0.2) is 24.3 Å². The van der Waals surface area contributed by atoms with Gasteiger partial charge in [0.15, 0.2) is 0 Å². The van der Waals surface area contributed by atoms with E-state index in [1.165, 1.54) is 0 Å². The lowest BCUT2D eigenvalue weighted by Crippen LogP contribution is -2.26. The average Bonchev–Trinajstić information content (AvgIpc) is 3.05. The van der Waals surface area contributed by atoms with Crippen molar-refractivity contribution in [3.05, 3.63) is 29.8 Å². The number of hydrogen-bond donors (Lipinski definition) is 2. The number of carbonyl (C=O) groups is 1. The zero-order valence-corrected chi connectivity index (χ0v) is 10.1. The largest absolute Gasteiger partial charge is 0.497 e. The zero-order valence-electron chi connectivity index (χ0n) is 10.1. The maximum absolute atomic E-state index is 11.5. The number of rotatable bonds is 5. The first-order chi connectivity index (χ1) is 8.15. The molecule has 1 aromatic carbocycles. The molecule has 17 heavy (non-hydrogen) atoms. The molecule has 0 aromatic heterocycles. The molecule has 0 radical (unpaired) electrons. The molecule has 1 aliphatic rings. The first kappa shape index (κ1) is 11.9. The topological polar surface area (TPSA) is 58.6 Å². The summed E-state index contributed by atoms with van der Waals surface area (Å²) in [7, 11) is 3.45. The Balaban J connectivity index is 2.26. The maximum Gasteiger partial charge on any atom is 0.314 e. The molecule has 0 bridgehead atoms. The van der Waals surface area contributed by atoms with E-state index >= 15 is 0 Å². The fraction of sp³-hybridized carbons (Fsp3) is 0.462. The first-order valence-corrected chi connectivity index (χ1v) is 5.67. The summed E-state index contributed by atoms with van der Waals surface area (Å²) in [6, 6.07) is 7.33. The molecule has 92 valence electrons. The molecule has 0 amide bonds. The smallest absolute Gasteiger partial charge is 0.314 e. The van der Waals surface area contributed by atoms with E-state index in [0.29, 0.717) is 6.42 Å². The molecule has 4 nitrogen and oxygen atoms in total. The number of hydrogen-bond acceptors (Lipinski definition) is 3. The highest BCUT2D eigenvalue weighted by Crippen LogP contribution is 2.54. The highest BCUT2D eigenvalue weighted by atomic mass is 16.5. The van der Waals surface area contributed by atoms with E-state index in [-0.39, 0.29) is 5.92 Å². The van der Waals surface area contributed by atoms with Crippen LogP contribution < -0.4 is 10.1 Å². The Morgan fingerprint density at radius 3 is 2.65 bits per heavy atom. The van der Waals surface area contributed by atoms with Gasteiger partial charge < -0.3 is 15.2 Å². The monoisotopic (exact) mass is 235 g/mol. The molecule has 0 saturated heterocycles. The van der Waals surface area contributed by atoms with Crippen molar-refractivity contribution in [1.29, 1.82) is 0 Å². The first-order valence-electron chi connectivity index (χ1n) is 5.67. The van der Waals surface area contributed by atoms with Gasteiger partial charge >= 0.3 is 5.97 Å². The summed E-state index contributed by atoms with van der Waals surface area (Å²) in [5.74, 6) is 0.196. The van der Waals surface area contributed by atoms with Crippen molar-refractivity contribution in [2.45, 2.75) is 11.8 Å². The van der Waals surface area contributed by atoms with E-state index in [9.17, 15) is 9.90 Å². The summed E-state index contributed by atoms with van der Waals surface area (Å²) >= 11 is 0. The third-order valence-corrected chi connectivity index (χ3v) is 3.54. The van der Waals surface area contributed by atoms with E-state index in [1.807, 2.05) is 31.3 Å². The summed E-state index contributed by atoms with van der Waals surface area (Å²) in [5.41, 5.74) is 0.168. The number of ether oxygens (including phenoxy) is 1. The lowest BCUT2D eigenvalue weighted by atomic mass is 9.93. The van der Waals surface area contributed by atoms with Crippen molar-refractivity contribution in [1.82, 2.24) is 5.32 Å². The highest BCUT2D eigenvalue weighted by molar-refractivity contribution is 5.86. The number of benzene rings is 1. The van der Waals surface area contributed by atoms with Gasteiger partial charge in [0, 0.05) is 0 Å². The minimum Gasteiger partial charge on any atom is -0.497 e. The van der Waals surface area contributed by atoms with Crippen LogP contribution in [0.3, 0.4) is 0 Å². The van der Waals surface area contributed by atoms with Crippen LogP contribution in [0.4, 0.5) is 0 Å². The zero-order chi connectivity index (χ0) is 12.5. The molecule has 1 saturated carbocycles. The SMILES string of the molecule is CNC[C@H]1C[C@@]1(C(=O)O)c1ccc(OC)cc1. The van der Waals surface area contributed by atoms with Crippen molar-refractivity contribution >= 4 is 5.97 Å². The van der Waals surface area contributed by atoms with Gasteiger partial charge in [-0.2, -0.15) is 0 Å². The molecule has 1 aromatic rings. The predicted molar refractivity (Wildman–Crippen MR) is 64.3 cm³/mol. The van der Waals surface area contributed by atoms with E-state index in [4.69, 9.17) is 4.74 Å². The van der Waals surface area contributed by atoms with Crippen molar-refractivity contribution < 1.29 is 14.6 Å². The molecule has 1 aliphatic carbocycles. The maximum atomic E-state index is 11.5. The third-order valence-electron chi connectivity index (χ3n) is 3.54. The van der Waals surface area contributed by atoms with Crippen LogP contribution in [-0.4, -0.2) is 31.8 Å². The summed E-state index contributed by atoms with van der Waals surface area (Å²) in [5, 5.41) is 12.5. The summed E-state index contributed by atoms with van der Waals surface area (Å²) in [6.07, 6.45) is 0.704. The standard InChI is InChI=1S/C13H17NO3/c1-14-8-10-7-13(10,12(15)16)9-3-5-11(17-2)6-4-9/h3-6,10,14H,7-8H2,1-2H3,(H,15,16)/t10-,13-/m1/s1. The number of methoxy groups -OCH3 is 1. The van der Waals surface area contributed by atoms with Crippen LogP contribution in [-0.2, 0) is 10.2 Å². The Kier molecular flexibility index (Phi) is 3.07. The van der Waals surface area contributed by atoms with Crippen LogP contribution in [0, 0.1) is 5.92 Å². The lowest BCUT2D eigenvalue weighted by molar-refractivity contribution is -0.140. The molecule has 1 fully saturated rings. The number of nitrogens with one attached hydrogen (secondary N) is 1. The van der Waals surface area contributed by atoms with Gasteiger partial charge in [0.1, 0.15) is 5.75 Å². The van der Waals surface area contributed by atoms with Crippen LogP contribution in [0.2, 0.25) is 0 Å². The van der Waals surface area contributed by atoms with Crippen molar-refractivity contribution in [2.24, 2.45) is 5.92 Å². The Bertz CT molecular complexity index is 415. The minimum atomic E-state index is -0.733. The average molecular weight is 235 g/mol. The normalized spacial score (nSPS) is 26.6. The van der Waals surface area contributed by atoms with E-state index in [1.54, 1.807) is 7.11 Å². The molecule has 0 unspecified atom stereocenters. The molecule has 2 atom stereocenters. The molecule has 0 spiro atoms. The van der Waals surface area contributed by atoms with Gasteiger partial charge in [-0.1, -0.05) is 12.1 Å². The van der Waals surface area contributed by atoms with Crippen LogP contribution in [0.5, 0.6) is 5.75 Å². The predicted octanol–water partition coefficient (Wildman–Crippen LogP) is 1.26. The van der Waals surface area contributed by atoms with Crippen LogP contribution in [0.1, 0.15) is 12.0 Å². The molecule has 0 heterocycles. The van der Waals surface area contributed by atoms with Gasteiger partial charge in [-0.05, 0) is 43.6 Å². The Hall–Kier alpha value is -1.55. The third kappa shape index (κ3) is 1.89. The molecule has 0 aliphatic heterocycles. The second-order valence-electron chi connectivity index (χ2n) is 4.46. The molecular formula is C13H17NO3. The summed E-state index contributed by atoms with van der Waals surface area (Å²) in [4.78, 5) is 11.5. The summed E-state index contributed by atoms with van der Waals surface area (Å²) in [6.45, 7) is 0.734. The van der Waals surface area contributed by atoms with Crippen molar-refractivity contribution in [3.8, 4) is 5.75 Å². The van der Waals surface area contributed by atoms with Gasteiger partial charge in [0.05, 0.1) is 12.5 Å². The molecule has 2 rings (SSSR count). The van der Waals surface area contributed by atoms with Crippen molar-refractivity contribution in [2.75, 3.05) is 20.7 Å². The minimum absolute atomic E-state index is 0.179. The number of carboxylic acids is 1. The fourth-order valence-electron chi connectivity index (χ4n) is 2.45. The fourth-order valence-corrected chi connectivity index (χ4v) is 2.45. The second-order valence-corrected chi connectivity index (χ2v) is 4.46. The van der Waals surface area contributed by atoms with Gasteiger partial charge in [-0.25, -0.2) is 0 Å². The quantitative estimate of drug-likeness (QED) is 0.806. The van der Waals surface area contributed by atoms with Gasteiger partial charge in [-0.3, -0.25) is 4.79 Å². The molecule has 2 N–H and O–H groups in total. The Morgan fingerprint density at radius 1 is 1.53 bits per heavy atom. The highest BCUT2D eigenvalue weighted by Gasteiger charge is 2.60. The van der Waals surface area contributed by atoms with E-state index in [0.717, 1.165) is 17.9 Å².